The van der Waals surface area contributed by atoms with Gasteiger partial charge in [0.1, 0.15) is 6.54 Å². The Labute approximate surface area is 165 Å². The van der Waals surface area contributed by atoms with E-state index in [2.05, 4.69) is 0 Å². The highest BCUT2D eigenvalue weighted by atomic mass is 32.1. The number of rotatable bonds is 6. The lowest BCUT2D eigenvalue weighted by Crippen LogP contribution is -2.44. The Hall–Kier alpha value is -2.26. The summed E-state index contributed by atoms with van der Waals surface area (Å²) in [5.41, 5.74) is 2.04. The molecule has 0 saturated carbocycles. The molecule has 0 radical (unpaired) electrons. The number of amides is 1. The Morgan fingerprint density at radius 1 is 1.29 bits per heavy atom. The topological polar surface area (TPSA) is 50.8 Å². The Morgan fingerprint density at radius 2 is 2.00 bits per heavy atom. The van der Waals surface area contributed by atoms with Crippen LogP contribution in [0.25, 0.3) is 0 Å². The number of carbonyl (C=O) groups excluding carboxylic acids is 1. The van der Waals surface area contributed by atoms with E-state index in [4.69, 9.17) is 9.47 Å². The van der Waals surface area contributed by atoms with Crippen molar-refractivity contribution in [1.82, 2.24) is 10.2 Å². The summed E-state index contributed by atoms with van der Waals surface area (Å²) in [6, 6.07) is 7.45. The average molecular weight is 414 g/mol. The summed E-state index contributed by atoms with van der Waals surface area (Å²) in [6.07, 6.45) is -3.77. The van der Waals surface area contributed by atoms with Gasteiger partial charge in [-0.2, -0.15) is 13.2 Å². The average Bonchev–Trinajstić information content (AvgIpc) is 3.18. The first-order valence-corrected chi connectivity index (χ1v) is 9.56. The summed E-state index contributed by atoms with van der Waals surface area (Å²) in [7, 11) is 3.12. The number of alkyl halides is 3. The third-order valence-electron chi connectivity index (χ3n) is 4.62. The molecule has 1 amide bonds. The minimum absolute atomic E-state index is 0.119. The molecule has 0 spiro atoms. The zero-order chi connectivity index (χ0) is 20.3. The Kier molecular flexibility index (Phi) is 6.14. The second-order valence-corrected chi connectivity index (χ2v) is 7.42. The fourth-order valence-corrected chi connectivity index (χ4v) is 4.26. The molecule has 9 heteroatoms. The molecule has 152 valence electrons. The first kappa shape index (κ1) is 20.5. The molecule has 0 aliphatic carbocycles. The summed E-state index contributed by atoms with van der Waals surface area (Å²) in [5, 5.41) is 3.89. The SMILES string of the molecule is COc1cc2c(cc1OC)[C@H](c1cccs1)N(CC(=O)NCC(F)(F)F)CC2. The quantitative estimate of drug-likeness (QED) is 0.787. The van der Waals surface area contributed by atoms with Crippen LogP contribution in [0.1, 0.15) is 22.0 Å². The molecular formula is C19H21F3N2O3S. The van der Waals surface area contributed by atoms with Crippen molar-refractivity contribution in [1.29, 1.82) is 0 Å². The van der Waals surface area contributed by atoms with E-state index < -0.39 is 18.6 Å². The van der Waals surface area contributed by atoms with Gasteiger partial charge in [-0.05, 0) is 41.1 Å². The summed E-state index contributed by atoms with van der Waals surface area (Å²) in [6.45, 7) is -0.901. The normalized spacial score (nSPS) is 17.1. The molecular weight excluding hydrogens is 393 g/mol. The van der Waals surface area contributed by atoms with Crippen molar-refractivity contribution in [3.05, 3.63) is 45.6 Å². The second-order valence-electron chi connectivity index (χ2n) is 6.44. The lowest BCUT2D eigenvalue weighted by molar-refractivity contribution is -0.139. The van der Waals surface area contributed by atoms with E-state index in [1.54, 1.807) is 14.2 Å². The zero-order valence-electron chi connectivity index (χ0n) is 15.5. The van der Waals surface area contributed by atoms with Crippen LogP contribution in [0.2, 0.25) is 0 Å². The summed E-state index contributed by atoms with van der Waals surface area (Å²) in [4.78, 5) is 15.0. The Morgan fingerprint density at radius 3 is 2.61 bits per heavy atom. The minimum atomic E-state index is -4.43. The molecule has 1 N–H and O–H groups in total. The molecule has 0 fully saturated rings. The molecule has 1 aromatic heterocycles. The van der Waals surface area contributed by atoms with Crippen molar-refractivity contribution in [2.24, 2.45) is 0 Å². The van der Waals surface area contributed by atoms with E-state index in [0.29, 0.717) is 24.5 Å². The van der Waals surface area contributed by atoms with Crippen LogP contribution >= 0.6 is 11.3 Å². The lowest BCUT2D eigenvalue weighted by atomic mass is 9.91. The fraction of sp³-hybridized carbons (Fsp3) is 0.421. The summed E-state index contributed by atoms with van der Waals surface area (Å²) in [5.74, 6) is 0.552. The van der Waals surface area contributed by atoms with Crippen molar-refractivity contribution in [3.8, 4) is 11.5 Å². The van der Waals surface area contributed by atoms with Crippen LogP contribution in [0.5, 0.6) is 11.5 Å². The highest BCUT2D eigenvalue weighted by Crippen LogP contribution is 2.42. The number of nitrogens with zero attached hydrogens (tertiary/aromatic N) is 1. The van der Waals surface area contributed by atoms with Gasteiger partial charge in [-0.15, -0.1) is 11.3 Å². The van der Waals surface area contributed by atoms with E-state index in [9.17, 15) is 18.0 Å². The maximum atomic E-state index is 12.4. The monoisotopic (exact) mass is 414 g/mol. The highest BCUT2D eigenvalue weighted by Gasteiger charge is 2.33. The molecule has 1 aliphatic heterocycles. The molecule has 2 heterocycles. The first-order chi connectivity index (χ1) is 13.3. The molecule has 1 aliphatic rings. The fourth-order valence-electron chi connectivity index (χ4n) is 3.39. The molecule has 0 unspecified atom stereocenters. The van der Waals surface area contributed by atoms with Gasteiger partial charge in [0, 0.05) is 11.4 Å². The minimum Gasteiger partial charge on any atom is -0.493 e. The third kappa shape index (κ3) is 4.59. The van der Waals surface area contributed by atoms with Gasteiger partial charge in [-0.3, -0.25) is 9.69 Å². The Balaban J connectivity index is 1.90. The molecule has 1 aromatic carbocycles. The standard InChI is InChI=1S/C19H21F3N2O3S/c1-26-14-8-12-5-6-24(10-17(25)23-11-19(20,21)22)18(16-4-3-7-28-16)13(12)9-15(14)27-2/h3-4,7-9,18H,5-6,10-11H2,1-2H3,(H,23,25)/t18-/m1/s1. The molecule has 2 aromatic rings. The summed E-state index contributed by atoms with van der Waals surface area (Å²) < 4.78 is 48.0. The second kappa shape index (κ2) is 8.40. The number of hydrogen-bond acceptors (Lipinski definition) is 5. The predicted octanol–water partition coefficient (Wildman–Crippen LogP) is 3.39. The molecule has 3 rings (SSSR count). The van der Waals surface area contributed by atoms with Crippen molar-refractivity contribution < 1.29 is 27.4 Å². The maximum absolute atomic E-state index is 12.4. The van der Waals surface area contributed by atoms with Crippen LogP contribution in [0, 0.1) is 0 Å². The number of methoxy groups -OCH3 is 2. The first-order valence-electron chi connectivity index (χ1n) is 8.68. The van der Waals surface area contributed by atoms with E-state index in [-0.39, 0.29) is 12.6 Å². The van der Waals surface area contributed by atoms with Crippen LogP contribution < -0.4 is 14.8 Å². The van der Waals surface area contributed by atoms with Crippen molar-refractivity contribution in [2.45, 2.75) is 18.6 Å². The number of nitrogens with one attached hydrogen (secondary N) is 1. The number of hydrogen-bond donors (Lipinski definition) is 1. The van der Waals surface area contributed by atoms with Crippen molar-refractivity contribution in [3.63, 3.8) is 0 Å². The van der Waals surface area contributed by atoms with Gasteiger partial charge in [0.25, 0.3) is 0 Å². The lowest BCUT2D eigenvalue weighted by Gasteiger charge is -2.37. The molecule has 5 nitrogen and oxygen atoms in total. The van der Waals surface area contributed by atoms with Gasteiger partial charge in [0.05, 0.1) is 26.8 Å². The molecule has 28 heavy (non-hydrogen) atoms. The maximum Gasteiger partial charge on any atom is 0.405 e. The van der Waals surface area contributed by atoms with Crippen LogP contribution in [0.3, 0.4) is 0 Å². The van der Waals surface area contributed by atoms with Gasteiger partial charge < -0.3 is 14.8 Å². The van der Waals surface area contributed by atoms with E-state index >= 15 is 0 Å². The van der Waals surface area contributed by atoms with Gasteiger partial charge in [0.2, 0.25) is 5.91 Å². The van der Waals surface area contributed by atoms with Crippen LogP contribution in [0.4, 0.5) is 13.2 Å². The predicted molar refractivity (Wildman–Crippen MR) is 100 cm³/mol. The van der Waals surface area contributed by atoms with Crippen molar-refractivity contribution >= 4 is 17.2 Å². The Bertz CT molecular complexity index is 825. The number of thiophene rings is 1. The van der Waals surface area contributed by atoms with Crippen molar-refractivity contribution in [2.75, 3.05) is 33.9 Å². The zero-order valence-corrected chi connectivity index (χ0v) is 16.3. The van der Waals surface area contributed by atoms with E-state index in [1.807, 2.05) is 39.9 Å². The van der Waals surface area contributed by atoms with Gasteiger partial charge >= 0.3 is 6.18 Å². The van der Waals surface area contributed by atoms with Crippen LogP contribution in [-0.2, 0) is 11.2 Å². The number of carbonyl (C=O) groups is 1. The molecule has 0 bridgehead atoms. The van der Waals surface area contributed by atoms with Gasteiger partial charge in [-0.25, -0.2) is 0 Å². The third-order valence-corrected chi connectivity index (χ3v) is 5.54. The van der Waals surface area contributed by atoms with Crippen LogP contribution in [0.15, 0.2) is 29.6 Å². The largest absolute Gasteiger partial charge is 0.493 e. The van der Waals surface area contributed by atoms with E-state index in [0.717, 1.165) is 16.0 Å². The highest BCUT2D eigenvalue weighted by molar-refractivity contribution is 7.10. The summed E-state index contributed by atoms with van der Waals surface area (Å²) >= 11 is 1.54. The van der Waals surface area contributed by atoms with Gasteiger partial charge in [0.15, 0.2) is 11.5 Å². The number of fused-ring (bicyclic) bond motifs is 1. The van der Waals surface area contributed by atoms with Crippen LogP contribution in [-0.4, -0.2) is 50.8 Å². The molecule has 0 saturated heterocycles. The number of benzene rings is 1. The number of ether oxygens (including phenoxy) is 2. The van der Waals surface area contributed by atoms with Gasteiger partial charge in [-0.1, -0.05) is 6.07 Å². The number of halogens is 3. The smallest absolute Gasteiger partial charge is 0.405 e. The van der Waals surface area contributed by atoms with E-state index in [1.165, 1.54) is 11.3 Å². The molecule has 1 atom stereocenters.